The molecule has 1 unspecified atom stereocenters. The van der Waals surface area contributed by atoms with Crippen molar-refractivity contribution in [2.45, 2.75) is 57.5 Å². The lowest BCUT2D eigenvalue weighted by Gasteiger charge is -2.46. The van der Waals surface area contributed by atoms with Gasteiger partial charge in [-0.1, -0.05) is 33.1 Å². The van der Waals surface area contributed by atoms with Gasteiger partial charge in [0.2, 0.25) is 5.91 Å². The third kappa shape index (κ3) is 3.56. The van der Waals surface area contributed by atoms with E-state index in [4.69, 9.17) is 4.74 Å². The molecule has 0 bridgehead atoms. The highest BCUT2D eigenvalue weighted by molar-refractivity contribution is 5.87. The molecule has 5 heteroatoms. The fraction of sp³-hybridized carbons (Fsp3) is 0.875. The van der Waals surface area contributed by atoms with Gasteiger partial charge in [0.05, 0.1) is 19.3 Å². The van der Waals surface area contributed by atoms with Gasteiger partial charge in [0, 0.05) is 13.1 Å². The zero-order valence-corrected chi connectivity index (χ0v) is 13.2. The van der Waals surface area contributed by atoms with Crippen molar-refractivity contribution in [3.05, 3.63) is 0 Å². The quantitative estimate of drug-likeness (QED) is 0.856. The molecular formula is C16H27N3O2. The van der Waals surface area contributed by atoms with Crippen LogP contribution in [0.1, 0.15) is 46.0 Å². The normalized spacial score (nSPS) is 24.3. The molecule has 1 saturated heterocycles. The van der Waals surface area contributed by atoms with Gasteiger partial charge in [0.15, 0.2) is 0 Å². The summed E-state index contributed by atoms with van der Waals surface area (Å²) in [4.78, 5) is 15.2. The van der Waals surface area contributed by atoms with Crippen LogP contribution in [0.25, 0.3) is 0 Å². The summed E-state index contributed by atoms with van der Waals surface area (Å²) in [5.41, 5.74) is -0.425. The molecule has 118 valence electrons. The lowest BCUT2D eigenvalue weighted by molar-refractivity contribution is -0.140. The number of hydrogen-bond acceptors (Lipinski definition) is 4. The predicted molar refractivity (Wildman–Crippen MR) is 80.6 cm³/mol. The maximum Gasteiger partial charge on any atom is 0.241 e. The van der Waals surface area contributed by atoms with Crippen LogP contribution >= 0.6 is 0 Å². The minimum Gasteiger partial charge on any atom is -0.379 e. The van der Waals surface area contributed by atoms with E-state index in [0.717, 1.165) is 38.8 Å². The zero-order chi connectivity index (χ0) is 15.3. The van der Waals surface area contributed by atoms with Gasteiger partial charge in [-0.3, -0.25) is 9.69 Å². The summed E-state index contributed by atoms with van der Waals surface area (Å²) in [5, 5.41) is 12.2. The molecule has 1 aliphatic carbocycles. The summed E-state index contributed by atoms with van der Waals surface area (Å²) in [7, 11) is 0. The molecule has 0 spiro atoms. The molecule has 2 fully saturated rings. The van der Waals surface area contributed by atoms with Gasteiger partial charge in [-0.25, -0.2) is 0 Å². The number of hydrogen-bond donors (Lipinski definition) is 1. The highest BCUT2D eigenvalue weighted by Crippen LogP contribution is 2.34. The molecule has 1 atom stereocenters. The average Bonchev–Trinajstić information content (AvgIpc) is 2.53. The predicted octanol–water partition coefficient (Wildman–Crippen LogP) is 1.69. The summed E-state index contributed by atoms with van der Waals surface area (Å²) in [5.74, 6) is 0.175. The van der Waals surface area contributed by atoms with Crippen LogP contribution < -0.4 is 5.32 Å². The van der Waals surface area contributed by atoms with Crippen molar-refractivity contribution in [1.82, 2.24) is 10.2 Å². The maximum absolute atomic E-state index is 12.9. The minimum atomic E-state index is -0.425. The summed E-state index contributed by atoms with van der Waals surface area (Å²) < 4.78 is 5.43. The first kappa shape index (κ1) is 16.3. The van der Waals surface area contributed by atoms with Crippen molar-refractivity contribution < 1.29 is 9.53 Å². The third-order valence-electron chi connectivity index (χ3n) is 4.81. The van der Waals surface area contributed by atoms with E-state index in [9.17, 15) is 10.1 Å². The van der Waals surface area contributed by atoms with Crippen LogP contribution in [0, 0.1) is 17.2 Å². The zero-order valence-electron chi connectivity index (χ0n) is 13.2. The number of nitrogens with zero attached hydrogens (tertiary/aromatic N) is 2. The van der Waals surface area contributed by atoms with Crippen LogP contribution in [0.15, 0.2) is 0 Å². The number of carbonyl (C=O) groups excluding carboxylic acids is 1. The number of nitrogens with one attached hydrogen (secondary N) is 1. The number of ether oxygens (including phenoxy) is 1. The molecule has 5 nitrogen and oxygen atoms in total. The molecule has 0 aromatic carbocycles. The molecule has 1 aliphatic heterocycles. The van der Waals surface area contributed by atoms with Crippen molar-refractivity contribution in [3.8, 4) is 6.07 Å². The second-order valence-electron chi connectivity index (χ2n) is 6.52. The smallest absolute Gasteiger partial charge is 0.241 e. The molecule has 21 heavy (non-hydrogen) atoms. The van der Waals surface area contributed by atoms with E-state index >= 15 is 0 Å². The number of nitriles is 1. The van der Waals surface area contributed by atoms with Crippen LogP contribution in [0.4, 0.5) is 0 Å². The lowest BCUT2D eigenvalue weighted by Crippen LogP contribution is -2.63. The van der Waals surface area contributed by atoms with Crippen LogP contribution in [0.5, 0.6) is 0 Å². The van der Waals surface area contributed by atoms with E-state index in [-0.39, 0.29) is 11.8 Å². The Kier molecular flexibility index (Phi) is 5.60. The second kappa shape index (κ2) is 7.24. The Morgan fingerprint density at radius 1 is 1.24 bits per heavy atom. The first-order valence-corrected chi connectivity index (χ1v) is 8.13. The Hall–Kier alpha value is -1.12. The van der Waals surface area contributed by atoms with E-state index in [0.29, 0.717) is 13.2 Å². The van der Waals surface area contributed by atoms with E-state index in [1.54, 1.807) is 0 Å². The monoisotopic (exact) mass is 293 g/mol. The highest BCUT2D eigenvalue weighted by atomic mass is 16.5. The van der Waals surface area contributed by atoms with Gasteiger partial charge in [0.25, 0.3) is 0 Å². The molecule has 0 radical (unpaired) electrons. The molecular weight excluding hydrogens is 266 g/mol. The Morgan fingerprint density at radius 2 is 1.86 bits per heavy atom. The minimum absolute atomic E-state index is 0.0457. The average molecular weight is 293 g/mol. The summed E-state index contributed by atoms with van der Waals surface area (Å²) >= 11 is 0. The Labute approximate surface area is 127 Å². The molecule has 1 N–H and O–H groups in total. The Balaban J connectivity index is 2.14. The first-order chi connectivity index (χ1) is 10.1. The van der Waals surface area contributed by atoms with E-state index in [1.165, 1.54) is 6.42 Å². The molecule has 0 aromatic rings. The standard InChI is InChI=1S/C16H27N3O2/c1-13(2)14(12-17)18-15(20)16(6-4-3-5-7-16)19-8-10-21-11-9-19/h13-14H,3-11H2,1-2H3,(H,18,20). The van der Waals surface area contributed by atoms with Crippen LogP contribution in [0.3, 0.4) is 0 Å². The summed E-state index contributed by atoms with van der Waals surface area (Å²) in [6.07, 6.45) is 5.17. The van der Waals surface area contributed by atoms with Crippen molar-refractivity contribution >= 4 is 5.91 Å². The summed E-state index contributed by atoms with van der Waals surface area (Å²) in [6, 6.07) is 1.81. The highest BCUT2D eigenvalue weighted by Gasteiger charge is 2.45. The molecule has 1 amide bonds. The fourth-order valence-corrected chi connectivity index (χ4v) is 3.44. The molecule has 1 saturated carbocycles. The number of amides is 1. The fourth-order valence-electron chi connectivity index (χ4n) is 3.44. The van der Waals surface area contributed by atoms with Gasteiger partial charge in [-0.05, 0) is 18.8 Å². The number of rotatable bonds is 4. The second-order valence-corrected chi connectivity index (χ2v) is 6.52. The Morgan fingerprint density at radius 3 is 2.38 bits per heavy atom. The maximum atomic E-state index is 12.9. The molecule has 0 aromatic heterocycles. The van der Waals surface area contributed by atoms with Gasteiger partial charge in [-0.2, -0.15) is 5.26 Å². The summed E-state index contributed by atoms with van der Waals surface area (Å²) in [6.45, 7) is 6.95. The first-order valence-electron chi connectivity index (χ1n) is 8.13. The lowest BCUT2D eigenvalue weighted by atomic mass is 9.78. The molecule has 2 rings (SSSR count). The SMILES string of the molecule is CC(C)C(C#N)NC(=O)C1(N2CCOCC2)CCCCC1. The van der Waals surface area contributed by atoms with Gasteiger partial charge in [-0.15, -0.1) is 0 Å². The van der Waals surface area contributed by atoms with Crippen molar-refractivity contribution in [2.24, 2.45) is 5.92 Å². The van der Waals surface area contributed by atoms with Gasteiger partial charge in [0.1, 0.15) is 11.6 Å². The number of carbonyl (C=O) groups is 1. The van der Waals surface area contributed by atoms with Crippen molar-refractivity contribution in [1.29, 1.82) is 5.26 Å². The topological polar surface area (TPSA) is 65.4 Å². The van der Waals surface area contributed by atoms with Crippen molar-refractivity contribution in [2.75, 3.05) is 26.3 Å². The third-order valence-corrected chi connectivity index (χ3v) is 4.81. The van der Waals surface area contributed by atoms with Gasteiger partial charge >= 0.3 is 0 Å². The van der Waals surface area contributed by atoms with E-state index < -0.39 is 11.6 Å². The van der Waals surface area contributed by atoms with Gasteiger partial charge < -0.3 is 10.1 Å². The van der Waals surface area contributed by atoms with Crippen molar-refractivity contribution in [3.63, 3.8) is 0 Å². The molecule has 1 heterocycles. The van der Waals surface area contributed by atoms with Crippen LogP contribution in [0.2, 0.25) is 0 Å². The van der Waals surface area contributed by atoms with E-state index in [2.05, 4.69) is 16.3 Å². The number of morpholine rings is 1. The van der Waals surface area contributed by atoms with Crippen LogP contribution in [-0.4, -0.2) is 48.7 Å². The largest absolute Gasteiger partial charge is 0.379 e. The molecule has 2 aliphatic rings. The van der Waals surface area contributed by atoms with Crippen LogP contribution in [-0.2, 0) is 9.53 Å². The van der Waals surface area contributed by atoms with E-state index in [1.807, 2.05) is 13.8 Å². The Bertz CT molecular complexity index is 391.